The Balaban J connectivity index is 0. The normalized spacial score (nSPS) is 0. The summed E-state index contributed by atoms with van der Waals surface area (Å²) in [5.41, 5.74) is 0. The van der Waals surface area contributed by atoms with Crippen LogP contribution in [0.5, 0.6) is 0 Å². The molecular formula is Ni7. The van der Waals surface area contributed by atoms with Gasteiger partial charge in [0.1, 0.15) is 0 Å². The summed E-state index contributed by atoms with van der Waals surface area (Å²) in [7, 11) is 0. The third-order valence-electron chi connectivity index (χ3n) is 0. The summed E-state index contributed by atoms with van der Waals surface area (Å²) in [6, 6.07) is 0. The quantitative estimate of drug-likeness (QED) is 0.493. The van der Waals surface area contributed by atoms with E-state index in [1.807, 2.05) is 0 Å². The molecule has 0 aromatic heterocycles. The summed E-state index contributed by atoms with van der Waals surface area (Å²) < 4.78 is 0. The van der Waals surface area contributed by atoms with Gasteiger partial charge in [0.05, 0.1) is 0 Å². The van der Waals surface area contributed by atoms with Crippen molar-refractivity contribution in [2.45, 2.75) is 0 Å². The molecule has 0 N–H and O–H groups in total. The molecule has 0 aliphatic carbocycles. The second-order valence-electron chi connectivity index (χ2n) is 0. The maximum absolute atomic E-state index is 0. The Morgan fingerprint density at radius 1 is 0.143 bits per heavy atom. The van der Waals surface area contributed by atoms with Gasteiger partial charge in [0.15, 0.2) is 0 Å². The standard InChI is InChI=1S/7Ni. The fourth-order valence-corrected chi connectivity index (χ4v) is 0. The van der Waals surface area contributed by atoms with Crippen molar-refractivity contribution in [3.05, 3.63) is 0 Å². The first kappa shape index (κ1) is 78.3. The van der Waals surface area contributed by atoms with Crippen LogP contribution < -0.4 is 0 Å². The van der Waals surface area contributed by atoms with E-state index in [1.165, 1.54) is 0 Å². The molecule has 7 heavy (non-hydrogen) atoms. The van der Waals surface area contributed by atoms with E-state index in [4.69, 9.17) is 0 Å². The van der Waals surface area contributed by atoms with Crippen molar-refractivity contribution >= 4 is 0 Å². The van der Waals surface area contributed by atoms with E-state index < -0.39 is 0 Å². The first-order chi connectivity index (χ1) is 0. The van der Waals surface area contributed by atoms with Crippen LogP contribution in [0, 0.1) is 0 Å². The van der Waals surface area contributed by atoms with Crippen LogP contribution in [0.4, 0.5) is 0 Å². The van der Waals surface area contributed by atoms with Gasteiger partial charge in [-0.2, -0.15) is 0 Å². The van der Waals surface area contributed by atoms with E-state index in [0.29, 0.717) is 0 Å². The van der Waals surface area contributed by atoms with Gasteiger partial charge in [-0.25, -0.2) is 0 Å². The van der Waals surface area contributed by atoms with Crippen LogP contribution in [0.15, 0.2) is 0 Å². The summed E-state index contributed by atoms with van der Waals surface area (Å²) in [4.78, 5) is 0. The predicted octanol–water partition coefficient (Wildman–Crippen LogP) is -0.0175. The Bertz CT molecular complexity index is 0. The van der Waals surface area contributed by atoms with Crippen LogP contribution in [0.25, 0.3) is 0 Å². The van der Waals surface area contributed by atoms with E-state index in [1.54, 1.807) is 0 Å². The summed E-state index contributed by atoms with van der Waals surface area (Å²) in [6.07, 6.45) is 0. The smallest absolute Gasteiger partial charge is 0 e. The molecule has 0 atom stereocenters. The van der Waals surface area contributed by atoms with Gasteiger partial charge in [-0.05, 0) is 0 Å². The van der Waals surface area contributed by atoms with Crippen LogP contribution in [-0.2, 0) is 115 Å². The molecule has 0 saturated heterocycles. The average molecular weight is 411 g/mol. The molecular weight excluding hydrogens is 411 g/mol. The van der Waals surface area contributed by atoms with Gasteiger partial charge < -0.3 is 0 Å². The minimum atomic E-state index is 0. The maximum Gasteiger partial charge on any atom is 0 e. The van der Waals surface area contributed by atoms with Gasteiger partial charge in [0.25, 0.3) is 0 Å². The van der Waals surface area contributed by atoms with Crippen LogP contribution in [0.2, 0.25) is 0 Å². The molecule has 0 unspecified atom stereocenters. The number of hydrogen-bond acceptors (Lipinski definition) is 0. The molecule has 0 fully saturated rings. The molecule has 0 aliphatic heterocycles. The summed E-state index contributed by atoms with van der Waals surface area (Å²) in [5, 5.41) is 0. The summed E-state index contributed by atoms with van der Waals surface area (Å²) >= 11 is 0. The SMILES string of the molecule is [Ni].[Ni].[Ni].[Ni].[Ni].[Ni].[Ni]. The minimum absolute atomic E-state index is 0. The monoisotopic (exact) mass is 406 g/mol. The Kier molecular flexibility index (Phi) is 633. The molecule has 0 spiro atoms. The average Bonchev–Trinajstić information content (AvgIpc) is 0. The third kappa shape index (κ3) is 44.0. The summed E-state index contributed by atoms with van der Waals surface area (Å²) in [5.74, 6) is 0. The van der Waals surface area contributed by atoms with Crippen LogP contribution in [0.3, 0.4) is 0 Å². The zero-order valence-corrected chi connectivity index (χ0v) is 9.13. The molecule has 0 aromatic rings. The van der Waals surface area contributed by atoms with Crippen molar-refractivity contribution in [1.29, 1.82) is 0 Å². The van der Waals surface area contributed by atoms with E-state index in [0.717, 1.165) is 0 Å². The zero-order chi connectivity index (χ0) is 0. The Morgan fingerprint density at radius 2 is 0.143 bits per heavy atom. The van der Waals surface area contributed by atoms with Gasteiger partial charge in [-0.1, -0.05) is 0 Å². The molecule has 0 radical (unpaired) electrons. The topological polar surface area (TPSA) is 0 Å². The molecule has 0 aliphatic rings. The van der Waals surface area contributed by atoms with Crippen LogP contribution in [0.1, 0.15) is 0 Å². The van der Waals surface area contributed by atoms with Gasteiger partial charge in [0, 0.05) is 115 Å². The van der Waals surface area contributed by atoms with Gasteiger partial charge in [-0.15, -0.1) is 0 Å². The Labute approximate surface area is 114 Å². The van der Waals surface area contributed by atoms with Crippen molar-refractivity contribution in [3.8, 4) is 0 Å². The minimum Gasteiger partial charge on any atom is 0 e. The van der Waals surface area contributed by atoms with Crippen molar-refractivity contribution < 1.29 is 115 Å². The van der Waals surface area contributed by atoms with E-state index in [-0.39, 0.29) is 115 Å². The molecule has 0 saturated carbocycles. The van der Waals surface area contributed by atoms with E-state index >= 15 is 0 Å². The third-order valence-corrected chi connectivity index (χ3v) is 0. The molecule has 7 heteroatoms. The molecule has 0 bridgehead atoms. The van der Waals surface area contributed by atoms with Crippen molar-refractivity contribution in [1.82, 2.24) is 0 Å². The Hall–Kier alpha value is 3.45. The maximum atomic E-state index is 0. The van der Waals surface area contributed by atoms with E-state index in [9.17, 15) is 0 Å². The summed E-state index contributed by atoms with van der Waals surface area (Å²) in [6.45, 7) is 0. The van der Waals surface area contributed by atoms with Gasteiger partial charge >= 0.3 is 0 Å². The van der Waals surface area contributed by atoms with Gasteiger partial charge in [0.2, 0.25) is 0 Å². The largest absolute Gasteiger partial charge is 0 e. The van der Waals surface area contributed by atoms with Gasteiger partial charge in [-0.3, -0.25) is 0 Å². The molecule has 0 nitrogen and oxygen atoms in total. The molecule has 0 rings (SSSR count). The predicted molar refractivity (Wildman–Crippen MR) is 0 cm³/mol. The molecule has 0 amide bonds. The fourth-order valence-electron chi connectivity index (χ4n) is 0. The second-order valence-corrected chi connectivity index (χ2v) is 0. The van der Waals surface area contributed by atoms with Crippen LogP contribution >= 0.6 is 0 Å². The first-order valence-corrected chi connectivity index (χ1v) is 0. The fraction of sp³-hybridized carbons (Fsp3) is 0. The van der Waals surface area contributed by atoms with Crippen molar-refractivity contribution in [3.63, 3.8) is 0 Å². The number of rotatable bonds is 0. The van der Waals surface area contributed by atoms with E-state index in [2.05, 4.69) is 0 Å². The van der Waals surface area contributed by atoms with Crippen LogP contribution in [-0.4, -0.2) is 0 Å². The molecule has 0 heterocycles. The number of hydrogen-bond donors (Lipinski definition) is 0. The van der Waals surface area contributed by atoms with Crippen molar-refractivity contribution in [2.75, 3.05) is 0 Å². The zero-order valence-electron chi connectivity index (χ0n) is 2.21. The second kappa shape index (κ2) is 56.6. The first-order valence-electron chi connectivity index (χ1n) is 0. The molecule has 0 aromatic carbocycles. The molecule has 70 valence electrons. The van der Waals surface area contributed by atoms with Crippen molar-refractivity contribution in [2.24, 2.45) is 0 Å². The Morgan fingerprint density at radius 3 is 0.143 bits per heavy atom.